The van der Waals surface area contributed by atoms with E-state index in [1.165, 1.54) is 5.01 Å². The first-order valence-corrected chi connectivity index (χ1v) is 14.1. The molecule has 0 unspecified atom stereocenters. The third-order valence-electron chi connectivity index (χ3n) is 5.73. The molecule has 0 saturated carbocycles. The number of nitrogens with zero attached hydrogens (tertiary/aromatic N) is 5. The van der Waals surface area contributed by atoms with Crippen molar-refractivity contribution in [3.63, 3.8) is 0 Å². The lowest BCUT2D eigenvalue weighted by atomic mass is 10.1. The highest BCUT2D eigenvalue weighted by Gasteiger charge is 2.67. The van der Waals surface area contributed by atoms with Gasteiger partial charge in [0.1, 0.15) is 17.3 Å². The standard InChI is InChI=1S/C26H28F5N5O3S/c1-4-15-35-25(12-6-20-5-11-23(24(16-20)38-3)34-17-19(2)33-18-34)32-14-13-26(37)36(35)21-7-9-22(10-8-21)39-40(27,28,29,30)31/h5-12,16-18H,4,13-15H2,1-3H3/b12-6+. The Morgan fingerprint density at radius 1 is 1.05 bits per heavy atom. The van der Waals surface area contributed by atoms with Crippen LogP contribution in [0.2, 0.25) is 0 Å². The molecule has 216 valence electrons. The number of amides is 1. The average Bonchev–Trinajstić information content (AvgIpc) is 3.24. The minimum Gasteiger partial charge on any atom is -0.495 e. The Kier molecular flexibility index (Phi) is 7.34. The van der Waals surface area contributed by atoms with Gasteiger partial charge in [-0.25, -0.2) is 9.99 Å². The van der Waals surface area contributed by atoms with E-state index in [4.69, 9.17) is 4.74 Å². The van der Waals surface area contributed by atoms with E-state index in [-0.39, 0.29) is 24.6 Å². The summed E-state index contributed by atoms with van der Waals surface area (Å²) in [4.78, 5) is 21.8. The van der Waals surface area contributed by atoms with Gasteiger partial charge in [-0.2, -0.15) is 0 Å². The molecular weight excluding hydrogens is 557 g/mol. The highest BCUT2D eigenvalue weighted by Crippen LogP contribution is 2.97. The Morgan fingerprint density at radius 2 is 1.77 bits per heavy atom. The van der Waals surface area contributed by atoms with Crippen LogP contribution in [0.1, 0.15) is 31.0 Å². The minimum atomic E-state index is -10.1. The molecule has 1 aliphatic heterocycles. The van der Waals surface area contributed by atoms with Crippen LogP contribution >= 0.6 is 10.5 Å². The van der Waals surface area contributed by atoms with Gasteiger partial charge in [0.2, 0.25) is 5.91 Å². The van der Waals surface area contributed by atoms with Crippen molar-refractivity contribution in [3.8, 4) is 17.2 Å². The lowest BCUT2D eigenvalue weighted by Crippen LogP contribution is -2.49. The molecule has 2 aromatic carbocycles. The molecule has 1 aliphatic rings. The number of amidine groups is 1. The molecule has 2 heterocycles. The molecule has 14 heteroatoms. The van der Waals surface area contributed by atoms with Crippen molar-refractivity contribution < 1.29 is 33.1 Å². The quantitative estimate of drug-likeness (QED) is 0.247. The van der Waals surface area contributed by atoms with Crippen LogP contribution in [-0.2, 0) is 4.79 Å². The van der Waals surface area contributed by atoms with Gasteiger partial charge in [0.15, 0.2) is 0 Å². The zero-order chi connectivity index (χ0) is 29.2. The number of anilines is 1. The number of aliphatic imine (C=N–C) groups is 1. The van der Waals surface area contributed by atoms with E-state index in [9.17, 15) is 24.2 Å². The Bertz CT molecular complexity index is 1460. The van der Waals surface area contributed by atoms with Crippen molar-refractivity contribution in [2.75, 3.05) is 25.2 Å². The maximum absolute atomic E-state index is 13.0. The molecule has 0 bridgehead atoms. The largest absolute Gasteiger partial charge is 0.495 e. The van der Waals surface area contributed by atoms with Gasteiger partial charge in [-0.05, 0) is 61.4 Å². The molecule has 0 atom stereocenters. The van der Waals surface area contributed by atoms with Gasteiger partial charge in [0.25, 0.3) is 0 Å². The number of ether oxygens (including phenoxy) is 1. The third-order valence-corrected chi connectivity index (χ3v) is 6.24. The molecule has 1 amide bonds. The molecule has 40 heavy (non-hydrogen) atoms. The summed E-state index contributed by atoms with van der Waals surface area (Å²) in [7, 11) is -8.56. The lowest BCUT2D eigenvalue weighted by Gasteiger charge is -2.39. The zero-order valence-corrected chi connectivity index (χ0v) is 22.8. The number of halogens is 5. The third kappa shape index (κ3) is 7.31. The molecule has 8 nitrogen and oxygen atoms in total. The van der Waals surface area contributed by atoms with Crippen LogP contribution in [0.3, 0.4) is 0 Å². The van der Waals surface area contributed by atoms with Crippen LogP contribution in [0.4, 0.5) is 25.1 Å². The summed E-state index contributed by atoms with van der Waals surface area (Å²) >= 11 is 0. The number of hydrogen-bond acceptors (Lipinski definition) is 6. The molecule has 0 spiro atoms. The molecule has 0 N–H and O–H groups in total. The van der Waals surface area contributed by atoms with Gasteiger partial charge < -0.3 is 13.5 Å². The maximum Gasteiger partial charge on any atom is 0.435 e. The van der Waals surface area contributed by atoms with Crippen LogP contribution in [0.5, 0.6) is 11.5 Å². The number of carbonyl (C=O) groups excluding carboxylic acids is 1. The fourth-order valence-electron chi connectivity index (χ4n) is 4.10. The number of benzene rings is 2. The number of aromatic nitrogens is 2. The molecule has 4 rings (SSSR count). The van der Waals surface area contributed by atoms with E-state index in [0.29, 0.717) is 24.6 Å². The Labute approximate surface area is 228 Å². The molecule has 3 aromatic rings. The number of hydrogen-bond donors (Lipinski definition) is 0. The molecule has 0 saturated heterocycles. The second-order valence-electron chi connectivity index (χ2n) is 8.98. The molecule has 0 fully saturated rings. The zero-order valence-electron chi connectivity index (χ0n) is 21.9. The van der Waals surface area contributed by atoms with Crippen LogP contribution in [0.25, 0.3) is 11.8 Å². The van der Waals surface area contributed by atoms with Crippen molar-refractivity contribution in [2.45, 2.75) is 26.7 Å². The van der Waals surface area contributed by atoms with Gasteiger partial charge in [-0.3, -0.25) is 14.8 Å². The van der Waals surface area contributed by atoms with Gasteiger partial charge in [0, 0.05) is 19.2 Å². The Balaban J connectivity index is 1.62. The van der Waals surface area contributed by atoms with E-state index in [2.05, 4.69) is 14.2 Å². The highest BCUT2D eigenvalue weighted by atomic mass is 32.5. The summed E-state index contributed by atoms with van der Waals surface area (Å²) in [6, 6.07) is 9.33. The first kappa shape index (κ1) is 28.9. The summed E-state index contributed by atoms with van der Waals surface area (Å²) in [5.74, 6) is -0.389. The predicted molar refractivity (Wildman–Crippen MR) is 145 cm³/mol. The van der Waals surface area contributed by atoms with Crippen molar-refractivity contribution >= 4 is 34.0 Å². The number of methoxy groups -OCH3 is 1. The second kappa shape index (κ2) is 10.2. The van der Waals surface area contributed by atoms with Crippen LogP contribution < -0.4 is 13.9 Å². The topological polar surface area (TPSA) is 72.2 Å². The van der Waals surface area contributed by atoms with Gasteiger partial charge >= 0.3 is 10.5 Å². The van der Waals surface area contributed by atoms with Crippen molar-refractivity contribution in [1.82, 2.24) is 14.6 Å². The van der Waals surface area contributed by atoms with E-state index in [1.807, 2.05) is 42.8 Å². The summed E-state index contributed by atoms with van der Waals surface area (Å²) < 4.78 is 74.2. The first-order chi connectivity index (χ1) is 18.7. The average molecular weight is 586 g/mol. The monoisotopic (exact) mass is 585 g/mol. The summed E-state index contributed by atoms with van der Waals surface area (Å²) in [6.07, 6.45) is 7.72. The van der Waals surface area contributed by atoms with Crippen LogP contribution in [-0.4, -0.2) is 46.5 Å². The number of aryl methyl sites for hydroxylation is 1. The fourth-order valence-corrected chi connectivity index (χ4v) is 4.57. The van der Waals surface area contributed by atoms with Crippen molar-refractivity contribution in [3.05, 3.63) is 72.3 Å². The second-order valence-corrected chi connectivity index (χ2v) is 10.9. The minimum absolute atomic E-state index is 0.0358. The summed E-state index contributed by atoms with van der Waals surface area (Å²) in [5.41, 5.74) is 2.62. The van der Waals surface area contributed by atoms with E-state index >= 15 is 0 Å². The predicted octanol–water partition coefficient (Wildman–Crippen LogP) is 7.26. The lowest BCUT2D eigenvalue weighted by molar-refractivity contribution is -0.120. The van der Waals surface area contributed by atoms with Gasteiger partial charge in [-0.1, -0.05) is 38.5 Å². The smallest absolute Gasteiger partial charge is 0.435 e. The molecule has 0 aliphatic carbocycles. The molecule has 1 aromatic heterocycles. The number of carbonyl (C=O) groups is 1. The summed E-state index contributed by atoms with van der Waals surface area (Å²) in [5, 5.41) is 2.89. The van der Waals surface area contributed by atoms with E-state index < -0.39 is 16.3 Å². The molecular formula is C26H28F5N5O3S. The summed E-state index contributed by atoms with van der Waals surface area (Å²) in [6.45, 7) is 4.31. The number of rotatable bonds is 9. The maximum atomic E-state index is 13.0. The molecule has 0 radical (unpaired) electrons. The fraction of sp³-hybridized carbons (Fsp3) is 0.269. The number of imidazole rings is 1. The Hall–Kier alpha value is -4.07. The van der Waals surface area contributed by atoms with Crippen LogP contribution in [0.15, 0.2) is 66.1 Å². The highest BCUT2D eigenvalue weighted by molar-refractivity contribution is 8.42. The first-order valence-electron chi connectivity index (χ1n) is 12.2. The van der Waals surface area contributed by atoms with Crippen LogP contribution in [0, 0.1) is 6.92 Å². The van der Waals surface area contributed by atoms with E-state index in [1.54, 1.807) is 30.6 Å². The SMILES string of the molecule is CCCN1C(/C=C/c2ccc(-n3cnc(C)c3)c(OC)c2)=NCCC(=O)N1c1ccc(OS(F)(F)(F)(F)F)cc1. The van der Waals surface area contributed by atoms with Gasteiger partial charge in [-0.15, -0.1) is 0 Å². The van der Waals surface area contributed by atoms with E-state index in [0.717, 1.165) is 41.2 Å². The van der Waals surface area contributed by atoms with Gasteiger partial charge in [0.05, 0.1) is 37.1 Å². The van der Waals surface area contributed by atoms with Crippen molar-refractivity contribution in [2.24, 2.45) is 4.99 Å². The Morgan fingerprint density at radius 3 is 2.38 bits per heavy atom. The normalized spacial score (nSPS) is 16.4. The number of hydrazine groups is 1. The van der Waals surface area contributed by atoms with Crippen molar-refractivity contribution in [1.29, 1.82) is 0 Å².